The molecule has 0 unspecified atom stereocenters. The van der Waals surface area contributed by atoms with E-state index < -0.39 is 11.8 Å². The summed E-state index contributed by atoms with van der Waals surface area (Å²) in [4.78, 5) is 20.7. The number of rotatable bonds is 6. The number of pyridine rings is 2. The maximum atomic E-state index is 13.6. The van der Waals surface area contributed by atoms with Crippen molar-refractivity contribution in [3.8, 4) is 34.0 Å². The number of hydrogen-bond acceptors (Lipinski definition) is 5. The number of carboxylic acid groups (broad SMARTS) is 1. The third-order valence-electron chi connectivity index (χ3n) is 4.83. The summed E-state index contributed by atoms with van der Waals surface area (Å²) in [6.45, 7) is 2.51. The summed E-state index contributed by atoms with van der Waals surface area (Å²) in [5.41, 5.74) is 2.79. The molecular formula is C24H19FN2O4. The van der Waals surface area contributed by atoms with Gasteiger partial charge in [-0.25, -0.2) is 14.2 Å². The molecule has 0 fully saturated rings. The molecule has 6 nitrogen and oxygen atoms in total. The fraction of sp³-hybridized carbons (Fsp3) is 0.125. The van der Waals surface area contributed by atoms with Crippen molar-refractivity contribution in [1.29, 1.82) is 0 Å². The van der Waals surface area contributed by atoms with Crippen molar-refractivity contribution in [2.45, 2.75) is 6.92 Å². The number of nitrogens with zero attached hydrogens (tertiary/aromatic N) is 2. The fourth-order valence-corrected chi connectivity index (χ4v) is 3.37. The Morgan fingerprint density at radius 3 is 2.52 bits per heavy atom. The number of methoxy groups -OCH3 is 1. The third kappa shape index (κ3) is 4.02. The first-order valence-corrected chi connectivity index (χ1v) is 9.61. The average molecular weight is 418 g/mol. The summed E-state index contributed by atoms with van der Waals surface area (Å²) in [7, 11) is 1.55. The van der Waals surface area contributed by atoms with Crippen LogP contribution in [0.5, 0.6) is 11.5 Å². The normalized spacial score (nSPS) is 10.8. The molecule has 0 spiro atoms. The van der Waals surface area contributed by atoms with E-state index in [0.717, 1.165) is 16.9 Å². The molecule has 0 aliphatic carbocycles. The van der Waals surface area contributed by atoms with E-state index in [1.807, 2.05) is 31.2 Å². The van der Waals surface area contributed by atoms with E-state index in [1.54, 1.807) is 19.4 Å². The van der Waals surface area contributed by atoms with Gasteiger partial charge in [0.05, 0.1) is 36.2 Å². The van der Waals surface area contributed by atoms with Gasteiger partial charge in [0.15, 0.2) is 0 Å². The molecular weight excluding hydrogens is 399 g/mol. The second-order valence-corrected chi connectivity index (χ2v) is 6.75. The Hall–Kier alpha value is -4.00. The molecule has 2 aromatic carbocycles. The maximum absolute atomic E-state index is 13.6. The SMILES string of the molecule is CCOc1ccc(-c2cnc(-c3cc(C(=O)O)c4cc(F)ccc4n3)cc2OC)cc1. The predicted molar refractivity (Wildman–Crippen MR) is 115 cm³/mol. The van der Waals surface area contributed by atoms with Crippen LogP contribution < -0.4 is 9.47 Å². The highest BCUT2D eigenvalue weighted by Gasteiger charge is 2.16. The highest BCUT2D eigenvalue weighted by molar-refractivity contribution is 6.03. The van der Waals surface area contributed by atoms with Gasteiger partial charge in [0, 0.05) is 23.2 Å². The number of aromatic carboxylic acids is 1. The number of aromatic nitrogens is 2. The van der Waals surface area contributed by atoms with Crippen LogP contribution >= 0.6 is 0 Å². The molecule has 2 heterocycles. The number of ether oxygens (including phenoxy) is 2. The summed E-state index contributed by atoms with van der Waals surface area (Å²) in [5, 5.41) is 9.82. The van der Waals surface area contributed by atoms with E-state index in [9.17, 15) is 14.3 Å². The minimum Gasteiger partial charge on any atom is -0.496 e. The van der Waals surface area contributed by atoms with E-state index in [1.165, 1.54) is 24.3 Å². The molecule has 31 heavy (non-hydrogen) atoms. The Morgan fingerprint density at radius 1 is 1.06 bits per heavy atom. The second kappa shape index (κ2) is 8.39. The Morgan fingerprint density at radius 2 is 1.84 bits per heavy atom. The summed E-state index contributed by atoms with van der Waals surface area (Å²) >= 11 is 0. The highest BCUT2D eigenvalue weighted by Crippen LogP contribution is 2.34. The Kier molecular flexibility index (Phi) is 5.49. The number of benzene rings is 2. The van der Waals surface area contributed by atoms with E-state index in [-0.39, 0.29) is 10.9 Å². The highest BCUT2D eigenvalue weighted by atomic mass is 19.1. The van der Waals surface area contributed by atoms with Crippen LogP contribution in [0.15, 0.2) is 60.8 Å². The lowest BCUT2D eigenvalue weighted by Crippen LogP contribution is -2.01. The van der Waals surface area contributed by atoms with Crippen LogP contribution in [0.2, 0.25) is 0 Å². The van der Waals surface area contributed by atoms with Gasteiger partial charge in [-0.2, -0.15) is 0 Å². The molecule has 0 radical (unpaired) electrons. The quantitative estimate of drug-likeness (QED) is 0.463. The van der Waals surface area contributed by atoms with Gasteiger partial charge >= 0.3 is 5.97 Å². The molecule has 0 aliphatic rings. The summed E-state index contributed by atoms with van der Waals surface area (Å²) < 4.78 is 24.7. The molecule has 0 bridgehead atoms. The molecule has 4 aromatic rings. The van der Waals surface area contributed by atoms with Gasteiger partial charge in [-0.3, -0.25) is 4.98 Å². The first kappa shape index (κ1) is 20.3. The zero-order valence-corrected chi connectivity index (χ0v) is 16.9. The van der Waals surface area contributed by atoms with Gasteiger partial charge in [-0.15, -0.1) is 0 Å². The van der Waals surface area contributed by atoms with Crippen LogP contribution in [0.25, 0.3) is 33.4 Å². The number of hydrogen-bond donors (Lipinski definition) is 1. The molecule has 0 atom stereocenters. The predicted octanol–water partition coefficient (Wildman–Crippen LogP) is 5.21. The van der Waals surface area contributed by atoms with Gasteiger partial charge in [-0.1, -0.05) is 12.1 Å². The Balaban J connectivity index is 1.79. The number of halogens is 1. The van der Waals surface area contributed by atoms with Gasteiger partial charge in [0.2, 0.25) is 0 Å². The molecule has 156 valence electrons. The van der Waals surface area contributed by atoms with Crippen molar-refractivity contribution in [1.82, 2.24) is 9.97 Å². The van der Waals surface area contributed by atoms with Crippen LogP contribution in [0.4, 0.5) is 4.39 Å². The third-order valence-corrected chi connectivity index (χ3v) is 4.83. The van der Waals surface area contributed by atoms with E-state index in [4.69, 9.17) is 9.47 Å². The monoisotopic (exact) mass is 418 g/mol. The van der Waals surface area contributed by atoms with Gasteiger partial charge in [0.25, 0.3) is 0 Å². The van der Waals surface area contributed by atoms with Crippen LogP contribution in [0, 0.1) is 5.82 Å². The molecule has 0 saturated heterocycles. The number of carboxylic acids is 1. The molecule has 2 aromatic heterocycles. The number of fused-ring (bicyclic) bond motifs is 1. The largest absolute Gasteiger partial charge is 0.496 e. The molecule has 0 saturated carbocycles. The van der Waals surface area contributed by atoms with Crippen LogP contribution in [-0.2, 0) is 0 Å². The second-order valence-electron chi connectivity index (χ2n) is 6.75. The van der Waals surface area contributed by atoms with Crippen LogP contribution in [-0.4, -0.2) is 34.8 Å². The van der Waals surface area contributed by atoms with Gasteiger partial charge in [0.1, 0.15) is 17.3 Å². The lowest BCUT2D eigenvalue weighted by atomic mass is 10.0. The molecule has 0 amide bonds. The molecule has 4 rings (SSSR count). The minimum atomic E-state index is -1.17. The fourth-order valence-electron chi connectivity index (χ4n) is 3.37. The molecule has 1 N–H and O–H groups in total. The summed E-state index contributed by atoms with van der Waals surface area (Å²) in [5.74, 6) is -0.360. The van der Waals surface area contributed by atoms with Crippen molar-refractivity contribution >= 4 is 16.9 Å². The van der Waals surface area contributed by atoms with Gasteiger partial charge in [-0.05, 0) is 48.9 Å². The van der Waals surface area contributed by atoms with E-state index in [0.29, 0.717) is 29.3 Å². The van der Waals surface area contributed by atoms with Gasteiger partial charge < -0.3 is 14.6 Å². The van der Waals surface area contributed by atoms with Crippen LogP contribution in [0.3, 0.4) is 0 Å². The van der Waals surface area contributed by atoms with E-state index in [2.05, 4.69) is 9.97 Å². The van der Waals surface area contributed by atoms with E-state index >= 15 is 0 Å². The zero-order valence-electron chi connectivity index (χ0n) is 16.9. The lowest BCUT2D eigenvalue weighted by molar-refractivity contribution is 0.0699. The first-order valence-electron chi connectivity index (χ1n) is 9.61. The molecule has 0 aliphatic heterocycles. The Bertz CT molecular complexity index is 1270. The number of carbonyl (C=O) groups is 1. The van der Waals surface area contributed by atoms with Crippen molar-refractivity contribution < 1.29 is 23.8 Å². The first-order chi connectivity index (χ1) is 15.0. The van der Waals surface area contributed by atoms with Crippen molar-refractivity contribution in [3.63, 3.8) is 0 Å². The van der Waals surface area contributed by atoms with Crippen molar-refractivity contribution in [3.05, 3.63) is 72.2 Å². The zero-order chi connectivity index (χ0) is 22.0. The topological polar surface area (TPSA) is 81.5 Å². The standard InChI is InChI=1S/C24H19FN2O4/c1-3-31-16-7-4-14(5-8-16)19-13-26-21(12-23(19)30-2)22-11-18(24(28)29)17-10-15(25)6-9-20(17)27-22/h4-13H,3H2,1-2H3,(H,28,29). The smallest absolute Gasteiger partial charge is 0.336 e. The maximum Gasteiger partial charge on any atom is 0.336 e. The summed E-state index contributed by atoms with van der Waals surface area (Å²) in [6, 6.07) is 14.5. The molecule has 7 heteroatoms. The average Bonchev–Trinajstić information content (AvgIpc) is 2.78. The Labute approximate surface area is 177 Å². The van der Waals surface area contributed by atoms with Crippen LogP contribution in [0.1, 0.15) is 17.3 Å². The van der Waals surface area contributed by atoms with Crippen molar-refractivity contribution in [2.24, 2.45) is 0 Å². The van der Waals surface area contributed by atoms with Crippen molar-refractivity contribution in [2.75, 3.05) is 13.7 Å². The lowest BCUT2D eigenvalue weighted by Gasteiger charge is -2.12. The summed E-state index contributed by atoms with van der Waals surface area (Å²) in [6.07, 6.45) is 1.65. The minimum absolute atomic E-state index is 0.0455.